The van der Waals surface area contributed by atoms with Crippen molar-refractivity contribution in [3.05, 3.63) is 46.8 Å². The second-order valence-electron chi connectivity index (χ2n) is 7.64. The van der Waals surface area contributed by atoms with Gasteiger partial charge >= 0.3 is 0 Å². The zero-order valence-corrected chi connectivity index (χ0v) is 14.3. The van der Waals surface area contributed by atoms with Gasteiger partial charge in [0.05, 0.1) is 6.04 Å². The van der Waals surface area contributed by atoms with Crippen LogP contribution in [0.5, 0.6) is 5.75 Å². The van der Waals surface area contributed by atoms with Gasteiger partial charge in [0, 0.05) is 23.2 Å². The third-order valence-electron chi connectivity index (χ3n) is 6.04. The molecule has 5 heteroatoms. The lowest BCUT2D eigenvalue weighted by Gasteiger charge is -2.40. The van der Waals surface area contributed by atoms with Gasteiger partial charge in [-0.3, -0.25) is 9.89 Å². The number of nitrogens with one attached hydrogen (secondary N) is 2. The number of rotatable bonds is 2. The molecule has 5 nitrogen and oxygen atoms in total. The van der Waals surface area contributed by atoms with Crippen molar-refractivity contribution in [3.8, 4) is 5.75 Å². The lowest BCUT2D eigenvalue weighted by molar-refractivity contribution is 0.0360. The Balaban J connectivity index is 1.45. The summed E-state index contributed by atoms with van der Waals surface area (Å²) in [4.78, 5) is 12.9. The molecule has 1 aromatic carbocycles. The van der Waals surface area contributed by atoms with E-state index in [4.69, 9.17) is 4.74 Å². The Morgan fingerprint density at radius 1 is 1.20 bits per heavy atom. The van der Waals surface area contributed by atoms with Crippen molar-refractivity contribution < 1.29 is 9.53 Å². The van der Waals surface area contributed by atoms with Gasteiger partial charge in [0.1, 0.15) is 11.4 Å². The third-order valence-corrected chi connectivity index (χ3v) is 6.04. The average Bonchev–Trinajstić information content (AvgIpc) is 3.32. The van der Waals surface area contributed by atoms with Gasteiger partial charge in [-0.25, -0.2) is 0 Å². The van der Waals surface area contributed by atoms with Crippen LogP contribution in [0, 0.1) is 0 Å². The number of benzene rings is 1. The first kappa shape index (κ1) is 15.0. The number of aromatic nitrogens is 2. The first-order chi connectivity index (χ1) is 12.2. The summed E-state index contributed by atoms with van der Waals surface area (Å²) in [5, 5.41) is 10.6. The summed E-state index contributed by atoms with van der Waals surface area (Å²) in [5.74, 6) is 0.863. The molecule has 2 N–H and O–H groups in total. The van der Waals surface area contributed by atoms with Gasteiger partial charge in [-0.2, -0.15) is 5.10 Å². The Morgan fingerprint density at radius 3 is 2.92 bits per heavy atom. The van der Waals surface area contributed by atoms with Crippen LogP contribution in [0.2, 0.25) is 0 Å². The number of hydrogen-bond donors (Lipinski definition) is 2. The van der Waals surface area contributed by atoms with E-state index in [1.54, 1.807) is 0 Å². The molecule has 2 aliphatic carbocycles. The molecule has 2 aromatic rings. The van der Waals surface area contributed by atoms with Crippen LogP contribution in [0.1, 0.15) is 71.9 Å². The van der Waals surface area contributed by atoms with Crippen molar-refractivity contribution in [2.24, 2.45) is 0 Å². The first-order valence-electron chi connectivity index (χ1n) is 9.39. The van der Waals surface area contributed by atoms with Gasteiger partial charge in [0.25, 0.3) is 5.91 Å². The monoisotopic (exact) mass is 337 g/mol. The maximum Gasteiger partial charge on any atom is 0.272 e. The van der Waals surface area contributed by atoms with Gasteiger partial charge in [-0.15, -0.1) is 0 Å². The number of H-pyrrole nitrogens is 1. The first-order valence-corrected chi connectivity index (χ1v) is 9.39. The minimum atomic E-state index is -0.111. The van der Waals surface area contributed by atoms with Crippen LogP contribution in [0.15, 0.2) is 24.3 Å². The number of amides is 1. The minimum Gasteiger partial charge on any atom is -0.487 e. The molecule has 2 heterocycles. The molecule has 1 amide bonds. The predicted molar refractivity (Wildman–Crippen MR) is 93.7 cm³/mol. The van der Waals surface area contributed by atoms with Gasteiger partial charge in [0.15, 0.2) is 5.69 Å². The summed E-state index contributed by atoms with van der Waals surface area (Å²) in [6, 6.07) is 8.10. The zero-order valence-electron chi connectivity index (χ0n) is 14.3. The molecule has 0 radical (unpaired) electrons. The fourth-order valence-electron chi connectivity index (χ4n) is 4.81. The fraction of sp³-hybridized carbons (Fsp3) is 0.500. The lowest BCUT2D eigenvalue weighted by atomic mass is 9.86. The highest BCUT2D eigenvalue weighted by Gasteiger charge is 2.43. The lowest BCUT2D eigenvalue weighted by Crippen LogP contribution is -2.43. The fourth-order valence-corrected chi connectivity index (χ4v) is 4.81. The molecule has 5 rings (SSSR count). The van der Waals surface area contributed by atoms with E-state index in [1.165, 1.54) is 12.8 Å². The largest absolute Gasteiger partial charge is 0.487 e. The Labute approximate surface area is 147 Å². The number of carbonyl (C=O) groups is 1. The molecule has 130 valence electrons. The normalized spacial score (nSPS) is 23.1. The van der Waals surface area contributed by atoms with Gasteiger partial charge in [0.2, 0.25) is 0 Å². The van der Waals surface area contributed by atoms with Crippen molar-refractivity contribution in [2.45, 2.75) is 63.0 Å². The molecular weight excluding hydrogens is 314 g/mol. The van der Waals surface area contributed by atoms with E-state index >= 15 is 0 Å². The van der Waals surface area contributed by atoms with Crippen molar-refractivity contribution in [2.75, 3.05) is 0 Å². The van der Waals surface area contributed by atoms with Crippen LogP contribution >= 0.6 is 0 Å². The number of nitrogens with zero attached hydrogens (tertiary/aromatic N) is 1. The van der Waals surface area contributed by atoms with Crippen LogP contribution in [0.25, 0.3) is 0 Å². The van der Waals surface area contributed by atoms with E-state index in [2.05, 4.69) is 21.6 Å². The van der Waals surface area contributed by atoms with E-state index < -0.39 is 0 Å². The summed E-state index contributed by atoms with van der Waals surface area (Å²) < 4.78 is 6.38. The van der Waals surface area contributed by atoms with E-state index in [-0.39, 0.29) is 17.6 Å². The third kappa shape index (κ3) is 2.44. The summed E-state index contributed by atoms with van der Waals surface area (Å²) >= 11 is 0. The summed E-state index contributed by atoms with van der Waals surface area (Å²) in [6.07, 6.45) is 8.46. The van der Waals surface area contributed by atoms with Crippen LogP contribution < -0.4 is 10.1 Å². The molecule has 1 aliphatic heterocycles. The van der Waals surface area contributed by atoms with Gasteiger partial charge < -0.3 is 10.1 Å². The van der Waals surface area contributed by atoms with Gasteiger partial charge in [-0.1, -0.05) is 18.2 Å². The Bertz CT molecular complexity index is 820. The second-order valence-corrected chi connectivity index (χ2v) is 7.64. The van der Waals surface area contributed by atoms with E-state index in [9.17, 15) is 4.79 Å². The SMILES string of the molecule is O=C(N[C@H]1CC2(CCCC2)Oc2ccccc21)c1n[nH]c2c1CCC2. The molecule has 25 heavy (non-hydrogen) atoms. The number of aryl methyl sites for hydroxylation is 1. The number of para-hydroxylation sites is 1. The van der Waals surface area contributed by atoms with E-state index in [1.807, 2.05) is 18.2 Å². The van der Waals surface area contributed by atoms with Crippen LogP contribution in [-0.2, 0) is 12.8 Å². The average molecular weight is 337 g/mol. The Morgan fingerprint density at radius 2 is 2.04 bits per heavy atom. The molecule has 1 fully saturated rings. The molecular formula is C20H23N3O2. The highest BCUT2D eigenvalue weighted by molar-refractivity contribution is 5.94. The van der Waals surface area contributed by atoms with Crippen molar-refractivity contribution >= 4 is 5.91 Å². The van der Waals surface area contributed by atoms with E-state index in [0.717, 1.165) is 61.1 Å². The smallest absolute Gasteiger partial charge is 0.272 e. The number of carbonyl (C=O) groups excluding carboxylic acids is 1. The highest BCUT2D eigenvalue weighted by atomic mass is 16.5. The number of ether oxygens (including phenoxy) is 1. The molecule has 0 bridgehead atoms. The maximum atomic E-state index is 12.9. The standard InChI is InChI=1S/C20H23N3O2/c24-19(18-14-7-5-8-15(14)22-23-18)21-16-12-20(10-3-4-11-20)25-17-9-2-1-6-13(16)17/h1-2,6,9,16H,3-5,7-8,10-12H2,(H,21,24)(H,22,23)/t16-/m0/s1. The van der Waals surface area contributed by atoms with Crippen LogP contribution in [0.4, 0.5) is 0 Å². The van der Waals surface area contributed by atoms with Crippen LogP contribution in [0.3, 0.4) is 0 Å². The Kier molecular flexibility index (Phi) is 3.37. The zero-order chi connectivity index (χ0) is 16.9. The molecule has 1 atom stereocenters. The van der Waals surface area contributed by atoms with Crippen LogP contribution in [-0.4, -0.2) is 21.7 Å². The summed E-state index contributed by atoms with van der Waals surface area (Å²) in [5.41, 5.74) is 3.79. The maximum absolute atomic E-state index is 12.9. The second kappa shape index (κ2) is 5.61. The number of aromatic amines is 1. The van der Waals surface area contributed by atoms with Crippen molar-refractivity contribution in [1.29, 1.82) is 0 Å². The minimum absolute atomic E-state index is 0.00990. The molecule has 0 unspecified atom stereocenters. The number of hydrogen-bond acceptors (Lipinski definition) is 3. The Hall–Kier alpha value is -2.30. The quantitative estimate of drug-likeness (QED) is 0.882. The van der Waals surface area contributed by atoms with Crippen molar-refractivity contribution in [1.82, 2.24) is 15.5 Å². The molecule has 0 saturated heterocycles. The van der Waals surface area contributed by atoms with Gasteiger partial charge in [-0.05, 0) is 51.0 Å². The highest BCUT2D eigenvalue weighted by Crippen LogP contribution is 2.47. The summed E-state index contributed by atoms with van der Waals surface area (Å²) in [7, 11) is 0. The molecule has 3 aliphatic rings. The van der Waals surface area contributed by atoms with Crippen molar-refractivity contribution in [3.63, 3.8) is 0 Å². The topological polar surface area (TPSA) is 67.0 Å². The molecule has 1 spiro atoms. The molecule has 1 saturated carbocycles. The number of fused-ring (bicyclic) bond motifs is 2. The van der Waals surface area contributed by atoms with E-state index in [0.29, 0.717) is 5.69 Å². The predicted octanol–water partition coefficient (Wildman–Crippen LogP) is 3.46. The molecule has 1 aromatic heterocycles. The summed E-state index contributed by atoms with van der Waals surface area (Å²) in [6.45, 7) is 0.